The first-order valence-corrected chi connectivity index (χ1v) is 13.8. The number of β-amino-alcohol motifs (C(OH)–C–C–N with tert-alkyl or cyclic N) is 2. The number of aliphatic carboxylic acids is 1. The smallest absolute Gasteiger partial charge is 0.359 e. The highest BCUT2D eigenvalue weighted by Gasteiger charge is 2.37. The molecule has 4 N–H and O–H groups in total. The van der Waals surface area contributed by atoms with Gasteiger partial charge in [-0.2, -0.15) is 0 Å². The van der Waals surface area contributed by atoms with E-state index in [-0.39, 0.29) is 12.6 Å². The van der Waals surface area contributed by atoms with E-state index in [0.717, 1.165) is 52.2 Å². The molecule has 0 radical (unpaired) electrons. The number of nitrogens with zero attached hydrogens (tertiary/aromatic N) is 6. The molecule has 0 bridgehead atoms. The maximum absolute atomic E-state index is 11.3. The minimum atomic E-state index is -0.822. The van der Waals surface area contributed by atoms with Crippen molar-refractivity contribution in [3.05, 3.63) is 18.7 Å². The highest BCUT2D eigenvalue weighted by molar-refractivity contribution is 5.68. The number of carboxylic acids is 1. The third kappa shape index (κ3) is 11.8. The predicted molar refractivity (Wildman–Crippen MR) is 142 cm³/mol. The molecule has 3 atom stereocenters. The van der Waals surface area contributed by atoms with Gasteiger partial charge in [-0.25, -0.2) is 13.9 Å². The van der Waals surface area contributed by atoms with Gasteiger partial charge in [0.05, 0.1) is 26.2 Å². The third-order valence-corrected chi connectivity index (χ3v) is 7.57. The molecule has 11 heteroatoms. The summed E-state index contributed by atoms with van der Waals surface area (Å²) in [5.74, 6) is -0.822. The molecule has 0 saturated carbocycles. The molecule has 0 amide bonds. The van der Waals surface area contributed by atoms with Gasteiger partial charge in [-0.15, -0.1) is 0 Å². The Morgan fingerprint density at radius 3 is 1.97 bits per heavy atom. The summed E-state index contributed by atoms with van der Waals surface area (Å²) in [6.07, 6.45) is 6.24. The van der Waals surface area contributed by atoms with E-state index in [2.05, 4.69) is 21.7 Å². The van der Waals surface area contributed by atoms with Crippen LogP contribution < -0.4 is 4.57 Å². The standard InChI is InChI=1S/C17H31N4O4.C9H20N2O/c1-3-15(22)12-21(13-17(24)25)8-6-19(7-9-21)10-16(23)11-20-5-4-18(2)14-20;1-3-9(12)8-11-6-4-10(2)5-7-11/h4-5,14-16,22-23H,3,6-13H2,1-2H3;9,12H,3-8H2,1-2H3/q+1;/p+1. The van der Waals surface area contributed by atoms with Crippen LogP contribution in [0.15, 0.2) is 18.7 Å². The Balaban J connectivity index is 0.000000335. The molecule has 0 spiro atoms. The fourth-order valence-electron chi connectivity index (χ4n) is 5.05. The average molecular weight is 529 g/mol. The summed E-state index contributed by atoms with van der Waals surface area (Å²) in [6.45, 7) is 13.8. The molecule has 2 saturated heterocycles. The number of rotatable bonds is 12. The van der Waals surface area contributed by atoms with Crippen LogP contribution in [0.4, 0.5) is 0 Å². The highest BCUT2D eigenvalue weighted by atomic mass is 16.4. The van der Waals surface area contributed by atoms with E-state index in [1.54, 1.807) is 0 Å². The van der Waals surface area contributed by atoms with E-state index in [4.69, 9.17) is 0 Å². The Hall–Kier alpha value is -1.60. The van der Waals surface area contributed by atoms with E-state index in [9.17, 15) is 25.2 Å². The van der Waals surface area contributed by atoms with Gasteiger partial charge in [0, 0.05) is 52.4 Å². The van der Waals surface area contributed by atoms with Gasteiger partial charge in [0.2, 0.25) is 6.33 Å². The van der Waals surface area contributed by atoms with Crippen molar-refractivity contribution >= 4 is 5.97 Å². The molecule has 1 aromatic heterocycles. The van der Waals surface area contributed by atoms with Gasteiger partial charge in [-0.1, -0.05) is 13.8 Å². The zero-order chi connectivity index (χ0) is 27.4. The lowest BCUT2D eigenvalue weighted by Crippen LogP contribution is -2.64. The Morgan fingerprint density at radius 1 is 0.892 bits per heavy atom. The van der Waals surface area contributed by atoms with Gasteiger partial charge in [0.15, 0.2) is 6.54 Å². The zero-order valence-electron chi connectivity index (χ0n) is 23.5. The number of carboxylic acid groups (broad SMARTS) is 1. The molecule has 3 heterocycles. The quantitative estimate of drug-likeness (QED) is 0.195. The molecule has 2 aliphatic rings. The first kappa shape index (κ1) is 31.6. The lowest BCUT2D eigenvalue weighted by atomic mass is 10.1. The van der Waals surface area contributed by atoms with Crippen molar-refractivity contribution in [2.75, 3.05) is 85.6 Å². The average Bonchev–Trinajstić information content (AvgIpc) is 3.26. The van der Waals surface area contributed by atoms with Crippen LogP contribution in [-0.2, 0) is 18.4 Å². The van der Waals surface area contributed by atoms with Crippen LogP contribution in [0.3, 0.4) is 0 Å². The number of quaternary nitrogens is 1. The van der Waals surface area contributed by atoms with Gasteiger partial charge >= 0.3 is 5.97 Å². The third-order valence-electron chi connectivity index (χ3n) is 7.57. The van der Waals surface area contributed by atoms with E-state index in [0.29, 0.717) is 43.6 Å². The number of carbonyl (C=O) groups is 1. The molecule has 214 valence electrons. The molecular weight excluding hydrogens is 476 g/mol. The van der Waals surface area contributed by atoms with E-state index in [1.165, 1.54) is 0 Å². The summed E-state index contributed by atoms with van der Waals surface area (Å²) in [5, 5.41) is 39.0. The second kappa shape index (κ2) is 15.7. The Bertz CT molecular complexity index is 777. The Labute approximate surface area is 222 Å². The van der Waals surface area contributed by atoms with Crippen molar-refractivity contribution in [3.8, 4) is 0 Å². The topological polar surface area (TPSA) is 117 Å². The summed E-state index contributed by atoms with van der Waals surface area (Å²) in [7, 11) is 4.09. The fraction of sp³-hybridized carbons (Fsp3) is 0.846. The van der Waals surface area contributed by atoms with E-state index in [1.807, 2.05) is 48.8 Å². The van der Waals surface area contributed by atoms with Gasteiger partial charge in [-0.3, -0.25) is 9.80 Å². The highest BCUT2D eigenvalue weighted by Crippen LogP contribution is 2.16. The second-order valence-corrected chi connectivity index (χ2v) is 11.0. The van der Waals surface area contributed by atoms with Crippen molar-refractivity contribution in [1.29, 1.82) is 0 Å². The number of aliphatic hydroxyl groups is 3. The summed E-state index contributed by atoms with van der Waals surface area (Å²) in [5.41, 5.74) is 0. The summed E-state index contributed by atoms with van der Waals surface area (Å²) < 4.78 is 4.31. The minimum absolute atomic E-state index is 0.0489. The number of aryl methyl sites for hydroxylation is 1. The molecule has 1 aromatic rings. The lowest BCUT2D eigenvalue weighted by Gasteiger charge is -2.45. The number of likely N-dealkylation sites (N-methyl/N-ethyl adjacent to an activating group) is 1. The van der Waals surface area contributed by atoms with Gasteiger partial charge in [0.25, 0.3) is 0 Å². The van der Waals surface area contributed by atoms with Crippen LogP contribution in [0, 0.1) is 0 Å². The van der Waals surface area contributed by atoms with Crippen molar-refractivity contribution < 1.29 is 34.3 Å². The van der Waals surface area contributed by atoms with Crippen LogP contribution in [0.25, 0.3) is 0 Å². The minimum Gasteiger partial charge on any atom is -0.477 e. The molecule has 2 aliphatic heterocycles. The molecule has 2 fully saturated rings. The molecule has 0 aromatic carbocycles. The van der Waals surface area contributed by atoms with Crippen molar-refractivity contribution in [2.24, 2.45) is 7.05 Å². The van der Waals surface area contributed by atoms with Crippen LogP contribution in [0.1, 0.15) is 26.7 Å². The SMILES string of the molecule is CCC(O)CN1CCN(C)CC1.CCC(O)C[N+]1(CC(=O)O)CCN(CC(O)Cn2cc[n+](C)c2)CC1. The molecule has 0 aliphatic carbocycles. The zero-order valence-corrected chi connectivity index (χ0v) is 23.5. The second-order valence-electron chi connectivity index (χ2n) is 11.0. The van der Waals surface area contributed by atoms with Crippen LogP contribution >= 0.6 is 0 Å². The normalized spacial score (nSPS) is 21.6. The fourth-order valence-corrected chi connectivity index (χ4v) is 5.05. The summed E-state index contributed by atoms with van der Waals surface area (Å²) >= 11 is 0. The lowest BCUT2D eigenvalue weighted by molar-refractivity contribution is -0.928. The van der Waals surface area contributed by atoms with Crippen LogP contribution in [0.2, 0.25) is 0 Å². The largest absolute Gasteiger partial charge is 0.477 e. The maximum atomic E-state index is 11.3. The summed E-state index contributed by atoms with van der Waals surface area (Å²) in [6, 6.07) is 0. The first-order chi connectivity index (χ1) is 17.5. The van der Waals surface area contributed by atoms with Crippen molar-refractivity contribution in [2.45, 2.75) is 51.5 Å². The molecule has 3 unspecified atom stereocenters. The number of aromatic nitrogens is 2. The first-order valence-electron chi connectivity index (χ1n) is 13.8. The van der Waals surface area contributed by atoms with Crippen molar-refractivity contribution in [3.63, 3.8) is 0 Å². The molecular formula is C26H52N6O5+2. The van der Waals surface area contributed by atoms with Gasteiger partial charge in [-0.05, 0) is 19.9 Å². The molecule has 3 rings (SSSR count). The van der Waals surface area contributed by atoms with E-state index >= 15 is 0 Å². The maximum Gasteiger partial charge on any atom is 0.359 e. The van der Waals surface area contributed by atoms with Gasteiger partial charge < -0.3 is 29.8 Å². The monoisotopic (exact) mass is 528 g/mol. The Morgan fingerprint density at radius 2 is 1.46 bits per heavy atom. The molecule has 11 nitrogen and oxygen atoms in total. The number of hydrogen-bond donors (Lipinski definition) is 4. The number of aliphatic hydroxyl groups excluding tert-OH is 3. The molecule has 37 heavy (non-hydrogen) atoms. The predicted octanol–water partition coefficient (Wildman–Crippen LogP) is -1.33. The Kier molecular flexibility index (Phi) is 13.4. The number of hydrogen-bond acceptors (Lipinski definition) is 7. The van der Waals surface area contributed by atoms with Gasteiger partial charge in [0.1, 0.15) is 37.7 Å². The van der Waals surface area contributed by atoms with Crippen LogP contribution in [0.5, 0.6) is 0 Å². The number of imidazole rings is 1. The van der Waals surface area contributed by atoms with E-state index < -0.39 is 18.2 Å². The number of piperazine rings is 2. The van der Waals surface area contributed by atoms with Crippen molar-refractivity contribution in [1.82, 2.24) is 19.3 Å². The van der Waals surface area contributed by atoms with Crippen LogP contribution in [-0.4, -0.2) is 154 Å². The summed E-state index contributed by atoms with van der Waals surface area (Å²) in [4.78, 5) is 18.1.